The maximum absolute atomic E-state index is 12.7. The van der Waals surface area contributed by atoms with Crippen molar-refractivity contribution in [1.82, 2.24) is 14.8 Å². The Morgan fingerprint density at radius 1 is 1.45 bits per heavy atom. The number of carbonyl (C=O) groups excluding carboxylic acids is 1. The van der Waals surface area contributed by atoms with Crippen molar-refractivity contribution in [3.05, 3.63) is 46.9 Å². The van der Waals surface area contributed by atoms with Crippen LogP contribution in [0.4, 0.5) is 11.5 Å². The number of anilines is 2. The summed E-state index contributed by atoms with van der Waals surface area (Å²) < 4.78 is 23.9. The minimum Gasteiger partial charge on any atom is -0.612 e. The summed E-state index contributed by atoms with van der Waals surface area (Å²) in [6, 6.07) is 10.9. The Balaban J connectivity index is 1.75. The van der Waals surface area contributed by atoms with Crippen LogP contribution in [0.1, 0.15) is 19.3 Å². The highest BCUT2D eigenvalue weighted by Crippen LogP contribution is 2.37. The molecule has 1 saturated heterocycles. The van der Waals surface area contributed by atoms with Crippen LogP contribution in [0.2, 0.25) is 0 Å². The second-order valence-corrected chi connectivity index (χ2v) is 9.23. The van der Waals surface area contributed by atoms with E-state index >= 15 is 0 Å². The van der Waals surface area contributed by atoms with E-state index in [9.17, 15) is 19.4 Å². The number of rotatable bonds is 6. The molecule has 33 heavy (non-hydrogen) atoms. The van der Waals surface area contributed by atoms with Crippen LogP contribution in [-0.4, -0.2) is 51.4 Å². The number of aromatic nitrogens is 3. The molecule has 1 unspecified atom stereocenters. The van der Waals surface area contributed by atoms with E-state index in [-0.39, 0.29) is 18.6 Å². The second-order valence-electron chi connectivity index (χ2n) is 7.85. The first-order valence-corrected chi connectivity index (χ1v) is 11.8. The van der Waals surface area contributed by atoms with E-state index in [0.717, 1.165) is 0 Å². The number of ether oxygens (including phenoxy) is 2. The molecule has 0 saturated carbocycles. The Bertz CT molecular complexity index is 1250. The van der Waals surface area contributed by atoms with Gasteiger partial charge in [-0.2, -0.15) is 10.4 Å². The minimum atomic E-state index is -1.10. The predicted molar refractivity (Wildman–Crippen MR) is 122 cm³/mol. The number of nitrogens with zero attached hydrogens (tertiary/aromatic N) is 3. The van der Waals surface area contributed by atoms with Gasteiger partial charge in [-0.05, 0) is 54.3 Å². The normalized spacial score (nSPS) is 21.3. The number of methoxy groups -OCH3 is 1. The second kappa shape index (κ2) is 9.27. The summed E-state index contributed by atoms with van der Waals surface area (Å²) in [5, 5.41) is 17.7. The number of aromatic amines is 1. The highest BCUT2D eigenvalue weighted by Gasteiger charge is 2.42. The van der Waals surface area contributed by atoms with Crippen LogP contribution in [0, 0.1) is 11.3 Å². The van der Waals surface area contributed by atoms with Crippen molar-refractivity contribution in [3.8, 4) is 6.07 Å². The summed E-state index contributed by atoms with van der Waals surface area (Å²) >= 11 is -1.10. The van der Waals surface area contributed by atoms with Gasteiger partial charge < -0.3 is 24.3 Å². The zero-order valence-corrected chi connectivity index (χ0v) is 19.0. The van der Waals surface area contributed by atoms with Crippen molar-refractivity contribution in [2.24, 2.45) is 0 Å². The fourth-order valence-corrected chi connectivity index (χ4v) is 4.57. The molecule has 4 rings (SSSR count). The monoisotopic (exact) mass is 469 g/mol. The van der Waals surface area contributed by atoms with Crippen LogP contribution in [0.15, 0.2) is 46.2 Å². The van der Waals surface area contributed by atoms with Gasteiger partial charge in [-0.15, -0.1) is 0 Å². The van der Waals surface area contributed by atoms with Crippen LogP contribution >= 0.6 is 0 Å². The Labute approximate surface area is 192 Å². The average molecular weight is 470 g/mol. The SMILES string of the molecule is COC(=O)[C@@H]1CC[C@@](CC#N)(n2nc(Nc3ccc([S+](C)[O-])cc3)c3c(=O)[nH]ccc32)CO1. The van der Waals surface area contributed by atoms with Crippen molar-refractivity contribution >= 4 is 39.6 Å². The Morgan fingerprint density at radius 3 is 2.82 bits per heavy atom. The lowest BCUT2D eigenvalue weighted by Crippen LogP contribution is -2.47. The number of nitrogens with one attached hydrogen (secondary N) is 2. The third-order valence-electron chi connectivity index (χ3n) is 5.80. The largest absolute Gasteiger partial charge is 0.612 e. The lowest BCUT2D eigenvalue weighted by atomic mass is 9.87. The summed E-state index contributed by atoms with van der Waals surface area (Å²) in [6.45, 7) is 0.0698. The molecule has 10 nitrogen and oxygen atoms in total. The number of carbonyl (C=O) groups is 1. The first kappa shape index (κ1) is 22.8. The lowest BCUT2D eigenvalue weighted by molar-refractivity contribution is -0.162. The fourth-order valence-electron chi connectivity index (χ4n) is 4.05. The lowest BCUT2D eigenvalue weighted by Gasteiger charge is -2.38. The number of H-pyrrole nitrogens is 1. The van der Waals surface area contributed by atoms with Gasteiger partial charge in [-0.25, -0.2) is 4.79 Å². The molecular weight excluding hydrogens is 446 g/mol. The quantitative estimate of drug-likeness (QED) is 0.413. The summed E-state index contributed by atoms with van der Waals surface area (Å²) in [4.78, 5) is 28.0. The van der Waals surface area contributed by atoms with Crippen LogP contribution in [0.5, 0.6) is 0 Å². The Morgan fingerprint density at radius 2 is 2.21 bits per heavy atom. The molecule has 1 fully saturated rings. The van der Waals surface area contributed by atoms with Gasteiger partial charge in [0.2, 0.25) is 0 Å². The highest BCUT2D eigenvalue weighted by molar-refractivity contribution is 7.90. The van der Waals surface area contributed by atoms with E-state index in [0.29, 0.717) is 40.1 Å². The van der Waals surface area contributed by atoms with Crippen LogP contribution in [0.25, 0.3) is 10.9 Å². The van der Waals surface area contributed by atoms with E-state index in [4.69, 9.17) is 9.47 Å². The number of hydrogen-bond donors (Lipinski definition) is 2. The maximum Gasteiger partial charge on any atom is 0.334 e. The van der Waals surface area contributed by atoms with Gasteiger partial charge in [0.1, 0.15) is 11.6 Å². The van der Waals surface area contributed by atoms with Gasteiger partial charge in [0, 0.05) is 11.9 Å². The molecule has 3 atom stereocenters. The first-order valence-electron chi connectivity index (χ1n) is 10.3. The van der Waals surface area contributed by atoms with Crippen molar-refractivity contribution in [2.45, 2.75) is 35.8 Å². The third-order valence-corrected chi connectivity index (χ3v) is 6.74. The zero-order valence-electron chi connectivity index (χ0n) is 18.2. The zero-order chi connectivity index (χ0) is 23.6. The number of nitriles is 1. The fraction of sp³-hybridized carbons (Fsp3) is 0.364. The average Bonchev–Trinajstić information content (AvgIpc) is 3.20. The van der Waals surface area contributed by atoms with E-state index in [1.807, 2.05) is 0 Å². The topological polar surface area (TPSA) is 145 Å². The van der Waals surface area contributed by atoms with Crippen molar-refractivity contribution < 1.29 is 18.8 Å². The van der Waals surface area contributed by atoms with Crippen LogP contribution in [0.3, 0.4) is 0 Å². The smallest absolute Gasteiger partial charge is 0.334 e. The first-order chi connectivity index (χ1) is 15.9. The summed E-state index contributed by atoms with van der Waals surface area (Å²) in [7, 11) is 1.30. The number of fused-ring (bicyclic) bond motifs is 1. The van der Waals surface area contributed by atoms with Crippen molar-refractivity contribution in [3.63, 3.8) is 0 Å². The molecule has 172 valence electrons. The number of pyridine rings is 1. The van der Waals surface area contributed by atoms with Gasteiger partial charge in [0.25, 0.3) is 5.56 Å². The standard InChI is InChI=1S/C22H23N5O5S/c1-31-21(29)17-7-9-22(10-11-23,13-32-17)27-16-8-12-24-20(28)18(16)19(26-27)25-14-3-5-15(6-4-14)33(2)30/h3-6,8,12,17H,7,9-10,13H2,1-2H3,(H,24,28)(H,25,26)/t17-,22-,33?/m0/s1. The third kappa shape index (κ3) is 4.32. The molecule has 0 spiro atoms. The molecule has 0 radical (unpaired) electrons. The molecular formula is C22H23N5O5S. The van der Waals surface area contributed by atoms with Crippen molar-refractivity contribution in [1.29, 1.82) is 5.26 Å². The van der Waals surface area contributed by atoms with Gasteiger partial charge in [0.15, 0.2) is 16.8 Å². The maximum atomic E-state index is 12.7. The highest BCUT2D eigenvalue weighted by atomic mass is 32.2. The molecule has 1 aromatic carbocycles. The van der Waals surface area contributed by atoms with Crippen molar-refractivity contribution in [2.75, 3.05) is 25.3 Å². The summed E-state index contributed by atoms with van der Waals surface area (Å²) in [5.41, 5.74) is 0.0273. The molecule has 2 aromatic heterocycles. The van der Waals surface area contributed by atoms with E-state index in [1.165, 1.54) is 13.3 Å². The number of hydrogen-bond acceptors (Lipinski definition) is 8. The van der Waals surface area contributed by atoms with Gasteiger partial charge in [-0.1, -0.05) is 0 Å². The van der Waals surface area contributed by atoms with Crippen LogP contribution in [-0.2, 0) is 31.0 Å². The molecule has 11 heteroatoms. The van der Waals surface area contributed by atoms with Gasteiger partial charge in [-0.3, -0.25) is 9.48 Å². The minimum absolute atomic E-state index is 0.0698. The Hall–Kier alpha value is -3.33. The summed E-state index contributed by atoms with van der Waals surface area (Å²) in [5.74, 6) is -0.134. The molecule has 0 amide bonds. The van der Waals surface area contributed by atoms with E-state index in [2.05, 4.69) is 21.5 Å². The Kier molecular flexibility index (Phi) is 6.42. The van der Waals surface area contributed by atoms with Gasteiger partial charge >= 0.3 is 5.97 Å². The molecule has 2 N–H and O–H groups in total. The predicted octanol–water partition coefficient (Wildman–Crippen LogP) is 2.17. The van der Waals surface area contributed by atoms with E-state index < -0.39 is 28.8 Å². The molecule has 0 aliphatic carbocycles. The number of benzene rings is 1. The molecule has 3 heterocycles. The number of esters is 1. The van der Waals surface area contributed by atoms with Crippen LogP contribution < -0.4 is 10.9 Å². The molecule has 3 aromatic rings. The van der Waals surface area contributed by atoms with Gasteiger partial charge in [0.05, 0.1) is 37.3 Å². The van der Waals surface area contributed by atoms with E-state index in [1.54, 1.807) is 41.3 Å². The molecule has 1 aliphatic rings. The summed E-state index contributed by atoms with van der Waals surface area (Å²) in [6.07, 6.45) is 3.31. The molecule has 0 bridgehead atoms. The molecule has 1 aliphatic heterocycles.